The van der Waals surface area contributed by atoms with Crippen LogP contribution in [-0.4, -0.2) is 50.5 Å². The lowest BCUT2D eigenvalue weighted by atomic mass is 9.79. The van der Waals surface area contributed by atoms with E-state index in [1.807, 2.05) is 12.1 Å². The molecule has 1 aromatic rings. The zero-order chi connectivity index (χ0) is 20.5. The zero-order valence-corrected chi connectivity index (χ0v) is 16.5. The van der Waals surface area contributed by atoms with Crippen molar-refractivity contribution in [1.82, 2.24) is 0 Å². The summed E-state index contributed by atoms with van der Waals surface area (Å²) in [7, 11) is 2.60. The molecule has 0 atom stereocenters. The molecule has 0 unspecified atom stereocenters. The Balaban J connectivity index is 2.34. The van der Waals surface area contributed by atoms with E-state index >= 15 is 0 Å². The summed E-state index contributed by atoms with van der Waals surface area (Å²) in [6.07, 6.45) is 2.31. The van der Waals surface area contributed by atoms with Crippen molar-refractivity contribution in [3.8, 4) is 5.75 Å². The summed E-state index contributed by atoms with van der Waals surface area (Å²) in [5, 5.41) is 9.78. The molecule has 0 spiro atoms. The number of ether oxygens (including phenoxy) is 3. The van der Waals surface area contributed by atoms with Gasteiger partial charge in [0.2, 0.25) is 0 Å². The summed E-state index contributed by atoms with van der Waals surface area (Å²) in [6.45, 7) is 0.849. The van der Waals surface area contributed by atoms with Crippen LogP contribution in [0.15, 0.2) is 35.4 Å². The molecule has 7 nitrogen and oxygen atoms in total. The van der Waals surface area contributed by atoms with Crippen molar-refractivity contribution in [1.29, 1.82) is 0 Å². The summed E-state index contributed by atoms with van der Waals surface area (Å²) in [4.78, 5) is 25.1. The van der Waals surface area contributed by atoms with Crippen molar-refractivity contribution in [3.63, 3.8) is 0 Å². The average molecular weight is 391 g/mol. The van der Waals surface area contributed by atoms with Crippen LogP contribution in [0.4, 0.5) is 0 Å². The van der Waals surface area contributed by atoms with Gasteiger partial charge in [-0.05, 0) is 49.3 Å². The average Bonchev–Trinajstić information content (AvgIpc) is 2.73. The van der Waals surface area contributed by atoms with Crippen molar-refractivity contribution in [2.45, 2.75) is 38.2 Å². The van der Waals surface area contributed by atoms with Gasteiger partial charge in [-0.25, -0.2) is 9.59 Å². The maximum Gasteiger partial charge on any atom is 0.334 e. The largest absolute Gasteiger partial charge is 0.492 e. The highest BCUT2D eigenvalue weighted by atomic mass is 16.5. The summed E-state index contributed by atoms with van der Waals surface area (Å²) >= 11 is 0. The number of hydrogen-bond acceptors (Lipinski definition) is 7. The number of esters is 2. The van der Waals surface area contributed by atoms with Crippen LogP contribution in [-0.2, 0) is 25.5 Å². The number of hydrogen-bond donors (Lipinski definition) is 2. The van der Waals surface area contributed by atoms with E-state index in [-0.39, 0.29) is 18.4 Å². The quantitative estimate of drug-likeness (QED) is 0.513. The lowest BCUT2D eigenvalue weighted by Gasteiger charge is -2.28. The molecular formula is C21H29NO6. The van der Waals surface area contributed by atoms with Crippen molar-refractivity contribution in [2.75, 3.05) is 27.4 Å². The predicted octanol–water partition coefficient (Wildman–Crippen LogP) is 1.76. The van der Waals surface area contributed by atoms with E-state index < -0.39 is 11.9 Å². The number of carbonyl (C=O) groups excluding carboxylic acids is 2. The molecule has 154 valence electrons. The molecule has 28 heavy (non-hydrogen) atoms. The number of benzene rings is 1. The molecule has 0 amide bonds. The van der Waals surface area contributed by atoms with Crippen LogP contribution in [0.25, 0.3) is 0 Å². The molecule has 0 heterocycles. The highest BCUT2D eigenvalue weighted by molar-refractivity contribution is 6.01. The molecule has 1 aromatic carbocycles. The highest BCUT2D eigenvalue weighted by Gasteiger charge is 2.32. The summed E-state index contributed by atoms with van der Waals surface area (Å²) < 4.78 is 15.4. The van der Waals surface area contributed by atoms with Gasteiger partial charge in [0.1, 0.15) is 12.4 Å². The van der Waals surface area contributed by atoms with Crippen LogP contribution in [0.2, 0.25) is 0 Å². The number of nitrogens with two attached hydrogens (primary N) is 1. The fourth-order valence-electron chi connectivity index (χ4n) is 3.50. The molecule has 1 aliphatic carbocycles. The van der Waals surface area contributed by atoms with Gasteiger partial charge < -0.3 is 25.1 Å². The third kappa shape index (κ3) is 5.81. The molecule has 7 heteroatoms. The van der Waals surface area contributed by atoms with Gasteiger partial charge in [0.05, 0.1) is 31.5 Å². The molecule has 0 radical (unpaired) electrons. The van der Waals surface area contributed by atoms with Gasteiger partial charge in [0.25, 0.3) is 0 Å². The third-order valence-corrected chi connectivity index (χ3v) is 4.96. The van der Waals surface area contributed by atoms with Gasteiger partial charge >= 0.3 is 11.9 Å². The van der Waals surface area contributed by atoms with Gasteiger partial charge in [-0.3, -0.25) is 0 Å². The van der Waals surface area contributed by atoms with E-state index in [0.717, 1.165) is 5.56 Å². The van der Waals surface area contributed by atoms with Crippen molar-refractivity contribution < 1.29 is 28.9 Å². The standard InChI is InChI=1S/C21H29NO6/c1-26-20(24)18(13-14-3-9-17(10-4-14)28-12-11-22)19(21(25)27-2)15-5-7-16(23)8-6-15/h3-4,9-10,15-16,23H,5-8,11-13,22H2,1-2H3/b19-18-/t15-,16+. The van der Waals surface area contributed by atoms with Crippen molar-refractivity contribution >= 4 is 11.9 Å². The van der Waals surface area contributed by atoms with Crippen LogP contribution in [0, 0.1) is 5.92 Å². The van der Waals surface area contributed by atoms with E-state index in [1.54, 1.807) is 12.1 Å². The maximum absolute atomic E-state index is 12.5. The fourth-order valence-corrected chi connectivity index (χ4v) is 3.50. The van der Waals surface area contributed by atoms with Crippen LogP contribution in [0.5, 0.6) is 5.75 Å². The monoisotopic (exact) mass is 391 g/mol. The molecule has 2 rings (SSSR count). The van der Waals surface area contributed by atoms with Gasteiger partial charge in [0.15, 0.2) is 0 Å². The third-order valence-electron chi connectivity index (χ3n) is 4.96. The molecule has 1 fully saturated rings. The molecular weight excluding hydrogens is 362 g/mol. The highest BCUT2D eigenvalue weighted by Crippen LogP contribution is 2.33. The van der Waals surface area contributed by atoms with Crippen LogP contribution in [0.3, 0.4) is 0 Å². The minimum absolute atomic E-state index is 0.142. The van der Waals surface area contributed by atoms with Gasteiger partial charge in [-0.1, -0.05) is 12.1 Å². The Morgan fingerprint density at radius 1 is 1.04 bits per heavy atom. The summed E-state index contributed by atoms with van der Waals surface area (Å²) in [6, 6.07) is 7.28. The Labute approximate surface area is 165 Å². The second kappa shape index (κ2) is 10.8. The number of carbonyl (C=O) groups is 2. The van der Waals surface area contributed by atoms with Crippen LogP contribution < -0.4 is 10.5 Å². The molecule has 0 saturated heterocycles. The predicted molar refractivity (Wildman–Crippen MR) is 104 cm³/mol. The second-order valence-electron chi connectivity index (χ2n) is 6.84. The first kappa shape index (κ1) is 21.9. The lowest BCUT2D eigenvalue weighted by molar-refractivity contribution is -0.140. The zero-order valence-electron chi connectivity index (χ0n) is 16.5. The Morgan fingerprint density at radius 2 is 1.64 bits per heavy atom. The first-order valence-corrected chi connectivity index (χ1v) is 9.49. The minimum atomic E-state index is -0.546. The maximum atomic E-state index is 12.5. The Hall–Kier alpha value is -2.38. The molecule has 3 N–H and O–H groups in total. The lowest BCUT2D eigenvalue weighted by Crippen LogP contribution is -2.27. The first-order valence-electron chi connectivity index (χ1n) is 9.49. The number of methoxy groups -OCH3 is 2. The number of aliphatic hydroxyl groups is 1. The SMILES string of the molecule is COC(=O)/C(Cc1ccc(OCCN)cc1)=C(\C(=O)OC)[C@H]1CC[C@@H](O)CC1. The topological polar surface area (TPSA) is 108 Å². The normalized spacial score (nSPS) is 20.1. The Morgan fingerprint density at radius 3 is 2.18 bits per heavy atom. The van der Waals surface area contributed by atoms with Gasteiger partial charge in [-0.2, -0.15) is 0 Å². The van der Waals surface area contributed by atoms with Crippen LogP contribution >= 0.6 is 0 Å². The van der Waals surface area contributed by atoms with E-state index in [9.17, 15) is 14.7 Å². The van der Waals surface area contributed by atoms with Gasteiger partial charge in [-0.15, -0.1) is 0 Å². The smallest absolute Gasteiger partial charge is 0.334 e. The number of aliphatic hydroxyl groups excluding tert-OH is 1. The van der Waals surface area contributed by atoms with Crippen molar-refractivity contribution in [3.05, 3.63) is 41.0 Å². The Bertz CT molecular complexity index is 689. The second-order valence-corrected chi connectivity index (χ2v) is 6.84. The molecule has 0 aliphatic heterocycles. The van der Waals surface area contributed by atoms with E-state index in [4.69, 9.17) is 19.9 Å². The van der Waals surface area contributed by atoms with E-state index in [1.165, 1.54) is 14.2 Å². The first-order chi connectivity index (χ1) is 13.5. The van der Waals surface area contributed by atoms with Crippen molar-refractivity contribution in [2.24, 2.45) is 11.7 Å². The Kier molecular flexibility index (Phi) is 8.47. The summed E-state index contributed by atoms with van der Waals surface area (Å²) in [5.41, 5.74) is 6.93. The molecule has 1 saturated carbocycles. The molecule has 0 aromatic heterocycles. The summed E-state index contributed by atoms with van der Waals surface area (Å²) in [5.74, 6) is -0.524. The minimum Gasteiger partial charge on any atom is -0.492 e. The van der Waals surface area contributed by atoms with Crippen LogP contribution in [0.1, 0.15) is 31.2 Å². The van der Waals surface area contributed by atoms with E-state index in [0.29, 0.717) is 55.7 Å². The molecule has 0 bridgehead atoms. The number of rotatable bonds is 8. The van der Waals surface area contributed by atoms with E-state index in [2.05, 4.69) is 0 Å². The fraction of sp³-hybridized carbons (Fsp3) is 0.524. The molecule has 1 aliphatic rings. The van der Waals surface area contributed by atoms with Gasteiger partial charge in [0, 0.05) is 13.0 Å².